The maximum atomic E-state index is 13.7. The van der Waals surface area contributed by atoms with Gasteiger partial charge in [0, 0.05) is 25.7 Å². The molecule has 0 saturated heterocycles. The van der Waals surface area contributed by atoms with Gasteiger partial charge in [-0.1, -0.05) is 12.1 Å². The van der Waals surface area contributed by atoms with E-state index in [-0.39, 0.29) is 11.9 Å². The van der Waals surface area contributed by atoms with Gasteiger partial charge < -0.3 is 10.6 Å². The Hall–Kier alpha value is -1.62. The van der Waals surface area contributed by atoms with Gasteiger partial charge in [0.2, 0.25) is 0 Å². The van der Waals surface area contributed by atoms with Crippen molar-refractivity contribution in [2.45, 2.75) is 51.7 Å². The van der Waals surface area contributed by atoms with Gasteiger partial charge in [-0.3, -0.25) is 9.89 Å². The van der Waals surface area contributed by atoms with Crippen LogP contribution in [0, 0.1) is 12.7 Å². The summed E-state index contributed by atoms with van der Waals surface area (Å²) in [6.45, 7) is 6.84. The average Bonchev–Trinajstić information content (AvgIpc) is 3.37. The Morgan fingerprint density at radius 2 is 2.09 bits per heavy atom. The van der Waals surface area contributed by atoms with Crippen LogP contribution in [-0.4, -0.2) is 43.6 Å². The summed E-state index contributed by atoms with van der Waals surface area (Å²) in [7, 11) is 3.94. The average molecular weight is 320 g/mol. The molecule has 0 radical (unpaired) electrons. The number of hydrogen-bond donors (Lipinski definition) is 2. The molecule has 2 N–H and O–H groups in total. The van der Waals surface area contributed by atoms with E-state index in [0.717, 1.165) is 24.1 Å². The molecule has 1 saturated carbocycles. The SMILES string of the molecule is CN=C(NCC(C)N(C)C1CC1)NC(C)c1ccc(C)c(F)c1. The highest BCUT2D eigenvalue weighted by molar-refractivity contribution is 5.80. The van der Waals surface area contributed by atoms with Gasteiger partial charge in [0.05, 0.1) is 6.04 Å². The van der Waals surface area contributed by atoms with Crippen molar-refractivity contribution in [3.05, 3.63) is 35.1 Å². The minimum Gasteiger partial charge on any atom is -0.355 e. The molecule has 1 aliphatic rings. The fraction of sp³-hybridized carbons (Fsp3) is 0.611. The van der Waals surface area contributed by atoms with E-state index < -0.39 is 0 Å². The zero-order chi connectivity index (χ0) is 17.0. The van der Waals surface area contributed by atoms with Crippen molar-refractivity contribution in [2.75, 3.05) is 20.6 Å². The number of benzene rings is 1. The summed E-state index contributed by atoms with van der Waals surface area (Å²) >= 11 is 0. The topological polar surface area (TPSA) is 39.7 Å². The second-order valence-corrected chi connectivity index (χ2v) is 6.57. The van der Waals surface area contributed by atoms with Gasteiger partial charge in [-0.2, -0.15) is 0 Å². The molecule has 2 atom stereocenters. The van der Waals surface area contributed by atoms with Gasteiger partial charge >= 0.3 is 0 Å². The van der Waals surface area contributed by atoms with Crippen molar-refractivity contribution < 1.29 is 4.39 Å². The van der Waals surface area contributed by atoms with E-state index in [1.807, 2.05) is 19.1 Å². The maximum Gasteiger partial charge on any atom is 0.191 e. The second-order valence-electron chi connectivity index (χ2n) is 6.57. The van der Waals surface area contributed by atoms with Crippen LogP contribution in [0.4, 0.5) is 4.39 Å². The maximum absolute atomic E-state index is 13.7. The first-order chi connectivity index (χ1) is 10.9. The molecule has 5 heteroatoms. The Labute approximate surface area is 139 Å². The Morgan fingerprint density at radius 1 is 1.39 bits per heavy atom. The minimum atomic E-state index is -0.168. The van der Waals surface area contributed by atoms with Crippen LogP contribution in [0.25, 0.3) is 0 Å². The molecule has 1 aliphatic carbocycles. The van der Waals surface area contributed by atoms with Crippen molar-refractivity contribution in [3.8, 4) is 0 Å². The van der Waals surface area contributed by atoms with Crippen LogP contribution in [0.15, 0.2) is 23.2 Å². The third-order valence-corrected chi connectivity index (χ3v) is 4.66. The summed E-state index contributed by atoms with van der Waals surface area (Å²) in [5, 5.41) is 6.69. The Kier molecular flexibility index (Phi) is 5.99. The van der Waals surface area contributed by atoms with Crippen LogP contribution in [0.3, 0.4) is 0 Å². The number of guanidine groups is 1. The molecule has 1 fully saturated rings. The first-order valence-corrected chi connectivity index (χ1v) is 8.37. The van der Waals surface area contributed by atoms with Crippen LogP contribution in [0.1, 0.15) is 43.9 Å². The lowest BCUT2D eigenvalue weighted by Crippen LogP contribution is -2.46. The van der Waals surface area contributed by atoms with Crippen LogP contribution in [0.2, 0.25) is 0 Å². The molecule has 0 amide bonds. The fourth-order valence-corrected chi connectivity index (χ4v) is 2.59. The van der Waals surface area contributed by atoms with Crippen molar-refractivity contribution >= 4 is 5.96 Å². The lowest BCUT2D eigenvalue weighted by atomic mass is 10.1. The molecule has 0 heterocycles. The quantitative estimate of drug-likeness (QED) is 0.625. The number of nitrogens with zero attached hydrogens (tertiary/aromatic N) is 2. The smallest absolute Gasteiger partial charge is 0.191 e. The summed E-state index contributed by atoms with van der Waals surface area (Å²) in [6, 6.07) is 6.54. The molecule has 4 nitrogen and oxygen atoms in total. The van der Waals surface area contributed by atoms with E-state index in [4.69, 9.17) is 0 Å². The van der Waals surface area contributed by atoms with E-state index in [1.165, 1.54) is 12.8 Å². The van der Waals surface area contributed by atoms with Gasteiger partial charge in [0.25, 0.3) is 0 Å². The highest BCUT2D eigenvalue weighted by atomic mass is 19.1. The zero-order valence-electron chi connectivity index (χ0n) is 14.9. The van der Waals surface area contributed by atoms with Crippen LogP contribution >= 0.6 is 0 Å². The molecule has 23 heavy (non-hydrogen) atoms. The number of halogens is 1. The number of nitrogens with one attached hydrogen (secondary N) is 2. The summed E-state index contributed by atoms with van der Waals surface area (Å²) < 4.78 is 13.7. The van der Waals surface area contributed by atoms with E-state index in [0.29, 0.717) is 11.6 Å². The molecule has 128 valence electrons. The number of hydrogen-bond acceptors (Lipinski definition) is 2. The first kappa shape index (κ1) is 17.7. The van der Waals surface area contributed by atoms with Gasteiger partial charge in [-0.15, -0.1) is 0 Å². The van der Waals surface area contributed by atoms with Crippen molar-refractivity contribution in [1.82, 2.24) is 15.5 Å². The molecular formula is C18H29FN4. The largest absolute Gasteiger partial charge is 0.355 e. The summed E-state index contributed by atoms with van der Waals surface area (Å²) in [4.78, 5) is 6.68. The summed E-state index contributed by atoms with van der Waals surface area (Å²) in [5.74, 6) is 0.577. The molecule has 2 unspecified atom stereocenters. The lowest BCUT2D eigenvalue weighted by molar-refractivity contribution is 0.247. The highest BCUT2D eigenvalue weighted by Gasteiger charge is 2.29. The Morgan fingerprint density at radius 3 is 2.65 bits per heavy atom. The van der Waals surface area contributed by atoms with E-state index >= 15 is 0 Å². The zero-order valence-corrected chi connectivity index (χ0v) is 14.9. The van der Waals surface area contributed by atoms with Gasteiger partial charge in [-0.25, -0.2) is 4.39 Å². The van der Waals surface area contributed by atoms with Gasteiger partial charge in [0.15, 0.2) is 5.96 Å². The summed E-state index contributed by atoms with van der Waals surface area (Å²) in [6.07, 6.45) is 2.62. The van der Waals surface area contributed by atoms with Crippen LogP contribution in [-0.2, 0) is 0 Å². The minimum absolute atomic E-state index is 0.00670. The molecule has 0 aromatic heterocycles. The molecule has 0 aliphatic heterocycles. The van der Waals surface area contributed by atoms with Crippen molar-refractivity contribution in [2.24, 2.45) is 4.99 Å². The molecule has 0 spiro atoms. The van der Waals surface area contributed by atoms with E-state index in [9.17, 15) is 4.39 Å². The third-order valence-electron chi connectivity index (χ3n) is 4.66. The number of likely N-dealkylation sites (N-methyl/N-ethyl adjacent to an activating group) is 1. The Bertz CT molecular complexity index is 554. The van der Waals surface area contributed by atoms with Gasteiger partial charge in [0.1, 0.15) is 5.82 Å². The van der Waals surface area contributed by atoms with Crippen molar-refractivity contribution in [3.63, 3.8) is 0 Å². The number of rotatable bonds is 6. The first-order valence-electron chi connectivity index (χ1n) is 8.37. The fourth-order valence-electron chi connectivity index (χ4n) is 2.59. The van der Waals surface area contributed by atoms with Gasteiger partial charge in [-0.05, 0) is 57.9 Å². The van der Waals surface area contributed by atoms with E-state index in [2.05, 4.69) is 34.5 Å². The van der Waals surface area contributed by atoms with Crippen molar-refractivity contribution in [1.29, 1.82) is 0 Å². The predicted octanol–water partition coefficient (Wildman–Crippen LogP) is 2.84. The number of aliphatic imine (C=N–C) groups is 1. The monoisotopic (exact) mass is 320 g/mol. The normalized spacial score (nSPS) is 18.0. The number of aryl methyl sites for hydroxylation is 1. The van der Waals surface area contributed by atoms with Crippen LogP contribution < -0.4 is 10.6 Å². The molecule has 1 aromatic carbocycles. The van der Waals surface area contributed by atoms with Crippen LogP contribution in [0.5, 0.6) is 0 Å². The highest BCUT2D eigenvalue weighted by Crippen LogP contribution is 2.26. The lowest BCUT2D eigenvalue weighted by Gasteiger charge is -2.26. The molecule has 0 bridgehead atoms. The molecular weight excluding hydrogens is 291 g/mol. The molecule has 1 aromatic rings. The summed E-state index contributed by atoms with van der Waals surface area (Å²) in [5.41, 5.74) is 1.58. The Balaban J connectivity index is 1.87. The van der Waals surface area contributed by atoms with E-state index in [1.54, 1.807) is 20.0 Å². The third kappa shape index (κ3) is 4.93. The predicted molar refractivity (Wildman–Crippen MR) is 94.3 cm³/mol. The standard InChI is InChI=1S/C18H29FN4/c1-12-6-7-15(10-17(12)19)14(3)22-18(20-4)21-11-13(2)23(5)16-8-9-16/h6-7,10,13-14,16H,8-9,11H2,1-5H3,(H2,20,21,22). The molecule has 2 rings (SSSR count). The second kappa shape index (κ2) is 7.77.